The van der Waals surface area contributed by atoms with E-state index < -0.39 is 0 Å². The highest BCUT2D eigenvalue weighted by Crippen LogP contribution is 2.55. The topological polar surface area (TPSA) is 6.48 Å². The fourth-order valence-electron chi connectivity index (χ4n) is 7.33. The van der Waals surface area contributed by atoms with Crippen LogP contribution in [0.15, 0.2) is 115 Å². The summed E-state index contributed by atoms with van der Waals surface area (Å²) in [6, 6.07) is 43.1. The van der Waals surface area contributed by atoms with Crippen LogP contribution in [0.4, 0.5) is 34.1 Å². The molecule has 5 aromatic rings. The minimum Gasteiger partial charge on any atom is -0.310 e. The van der Waals surface area contributed by atoms with E-state index in [1.54, 1.807) is 0 Å². The van der Waals surface area contributed by atoms with Gasteiger partial charge < -0.3 is 9.80 Å². The standard InChI is InChI=1S/C40H40N2/c1-6-7-16-28-25-29(41-35-21-12-8-17-31(35)39(2,3)32-18-9-13-22-36(32)41)27-30(26-28)42-37-23-14-10-19-33(37)40(4,5)34-20-11-15-24-38(34)42/h8-15,17-27H,6-7,16H2,1-5H3. The maximum absolute atomic E-state index is 2.50. The van der Waals surface area contributed by atoms with Gasteiger partial charge in [0.05, 0.1) is 22.7 Å². The molecule has 0 saturated carbocycles. The maximum Gasteiger partial charge on any atom is 0.0502 e. The van der Waals surface area contributed by atoms with Gasteiger partial charge in [-0.2, -0.15) is 0 Å². The Morgan fingerprint density at radius 3 is 1.14 bits per heavy atom. The van der Waals surface area contributed by atoms with Crippen LogP contribution < -0.4 is 9.80 Å². The first kappa shape index (κ1) is 26.6. The van der Waals surface area contributed by atoms with E-state index >= 15 is 0 Å². The summed E-state index contributed by atoms with van der Waals surface area (Å²) >= 11 is 0. The van der Waals surface area contributed by atoms with Gasteiger partial charge in [0.2, 0.25) is 0 Å². The Hall–Kier alpha value is -4.30. The van der Waals surface area contributed by atoms with Crippen molar-refractivity contribution >= 4 is 34.1 Å². The molecule has 2 nitrogen and oxygen atoms in total. The number of anilines is 6. The Bertz CT molecular complexity index is 1570. The summed E-state index contributed by atoms with van der Waals surface area (Å²) in [6.07, 6.45) is 3.40. The highest BCUT2D eigenvalue weighted by Gasteiger charge is 2.38. The molecule has 2 aliphatic heterocycles. The number of para-hydroxylation sites is 4. The van der Waals surface area contributed by atoms with Crippen molar-refractivity contribution in [2.45, 2.75) is 64.7 Å². The van der Waals surface area contributed by atoms with E-state index in [2.05, 4.69) is 160 Å². The molecule has 2 heteroatoms. The molecule has 0 saturated heterocycles. The molecule has 5 aromatic carbocycles. The van der Waals surface area contributed by atoms with Crippen LogP contribution in [0.5, 0.6) is 0 Å². The van der Waals surface area contributed by atoms with Crippen molar-refractivity contribution in [2.75, 3.05) is 9.80 Å². The Labute approximate surface area is 251 Å². The van der Waals surface area contributed by atoms with E-state index in [0.29, 0.717) is 0 Å². The van der Waals surface area contributed by atoms with Gasteiger partial charge in [-0.25, -0.2) is 0 Å². The normalized spacial score (nSPS) is 15.8. The van der Waals surface area contributed by atoms with Crippen LogP contribution in [0.2, 0.25) is 0 Å². The van der Waals surface area contributed by atoms with Crippen LogP contribution in [0.1, 0.15) is 75.3 Å². The zero-order valence-electron chi connectivity index (χ0n) is 25.5. The van der Waals surface area contributed by atoms with Gasteiger partial charge in [0, 0.05) is 22.2 Å². The van der Waals surface area contributed by atoms with Crippen molar-refractivity contribution in [3.05, 3.63) is 143 Å². The second kappa shape index (κ2) is 9.91. The summed E-state index contributed by atoms with van der Waals surface area (Å²) in [5, 5.41) is 0. The number of rotatable bonds is 5. The molecular formula is C40H40N2. The second-order valence-corrected chi connectivity index (χ2v) is 13.0. The number of unbranched alkanes of at least 4 members (excludes halogenated alkanes) is 1. The largest absolute Gasteiger partial charge is 0.310 e. The zero-order chi connectivity index (χ0) is 29.1. The number of benzene rings is 5. The number of fused-ring (bicyclic) bond motifs is 4. The predicted octanol–water partition coefficient (Wildman–Crippen LogP) is 11.2. The van der Waals surface area contributed by atoms with Gasteiger partial charge in [-0.3, -0.25) is 0 Å². The third-order valence-electron chi connectivity index (χ3n) is 9.57. The first-order valence-corrected chi connectivity index (χ1v) is 15.4. The Kier molecular flexibility index (Phi) is 6.27. The third-order valence-corrected chi connectivity index (χ3v) is 9.57. The third kappa shape index (κ3) is 4.00. The first-order chi connectivity index (χ1) is 20.3. The SMILES string of the molecule is CCCCc1cc(N2c3ccccc3C(C)(C)c3ccccc32)cc(N2c3ccccc3C(C)(C)c3ccccc32)c1. The predicted molar refractivity (Wildman–Crippen MR) is 179 cm³/mol. The average molecular weight is 549 g/mol. The molecule has 0 amide bonds. The molecule has 7 rings (SSSR count). The molecule has 0 N–H and O–H groups in total. The Morgan fingerprint density at radius 1 is 0.476 bits per heavy atom. The van der Waals surface area contributed by atoms with Gasteiger partial charge in [-0.15, -0.1) is 0 Å². The molecule has 0 radical (unpaired) electrons. The lowest BCUT2D eigenvalue weighted by Crippen LogP contribution is -2.31. The summed E-state index contributed by atoms with van der Waals surface area (Å²) in [6.45, 7) is 11.7. The molecule has 0 aliphatic carbocycles. The summed E-state index contributed by atoms with van der Waals surface area (Å²) in [7, 11) is 0. The molecule has 0 unspecified atom stereocenters. The van der Waals surface area contributed by atoms with Crippen LogP contribution in [0.25, 0.3) is 0 Å². The fraction of sp³-hybridized carbons (Fsp3) is 0.250. The number of hydrogen-bond acceptors (Lipinski definition) is 2. The van der Waals surface area contributed by atoms with E-state index in [1.807, 2.05) is 0 Å². The second-order valence-electron chi connectivity index (χ2n) is 13.0. The quantitative estimate of drug-likeness (QED) is 0.215. The molecule has 42 heavy (non-hydrogen) atoms. The van der Waals surface area contributed by atoms with Crippen LogP contribution in [0.3, 0.4) is 0 Å². The lowest BCUT2D eigenvalue weighted by Gasteiger charge is -2.43. The van der Waals surface area contributed by atoms with Crippen molar-refractivity contribution in [3.8, 4) is 0 Å². The lowest BCUT2D eigenvalue weighted by molar-refractivity contribution is 0.631. The minimum absolute atomic E-state index is 0.0807. The lowest BCUT2D eigenvalue weighted by atomic mass is 9.73. The van der Waals surface area contributed by atoms with E-state index in [4.69, 9.17) is 0 Å². The molecule has 2 aliphatic rings. The van der Waals surface area contributed by atoms with E-state index in [0.717, 1.165) is 6.42 Å². The Balaban J connectivity index is 1.49. The minimum atomic E-state index is -0.0807. The number of nitrogens with zero attached hydrogens (tertiary/aromatic N) is 2. The van der Waals surface area contributed by atoms with E-state index in [-0.39, 0.29) is 10.8 Å². The molecule has 2 heterocycles. The van der Waals surface area contributed by atoms with Gasteiger partial charge in [0.25, 0.3) is 0 Å². The van der Waals surface area contributed by atoms with Crippen molar-refractivity contribution in [1.82, 2.24) is 0 Å². The highest BCUT2D eigenvalue weighted by atomic mass is 15.2. The van der Waals surface area contributed by atoms with Crippen LogP contribution >= 0.6 is 0 Å². The number of hydrogen-bond donors (Lipinski definition) is 0. The van der Waals surface area contributed by atoms with Gasteiger partial charge in [-0.05, 0) is 83.1 Å². The molecule has 0 bridgehead atoms. The fourth-order valence-corrected chi connectivity index (χ4v) is 7.33. The number of aryl methyl sites for hydroxylation is 1. The van der Waals surface area contributed by atoms with Crippen LogP contribution in [0, 0.1) is 0 Å². The van der Waals surface area contributed by atoms with Gasteiger partial charge >= 0.3 is 0 Å². The summed E-state index contributed by atoms with van der Waals surface area (Å²) in [5.74, 6) is 0. The molecule has 0 atom stereocenters. The van der Waals surface area contributed by atoms with Crippen LogP contribution in [-0.2, 0) is 17.3 Å². The summed E-state index contributed by atoms with van der Waals surface area (Å²) < 4.78 is 0. The molecule has 0 aromatic heterocycles. The summed E-state index contributed by atoms with van der Waals surface area (Å²) in [5.41, 5.74) is 14.2. The van der Waals surface area contributed by atoms with Gasteiger partial charge in [-0.1, -0.05) is 114 Å². The van der Waals surface area contributed by atoms with Crippen molar-refractivity contribution < 1.29 is 0 Å². The van der Waals surface area contributed by atoms with Gasteiger partial charge in [0.1, 0.15) is 0 Å². The molecule has 0 fully saturated rings. The first-order valence-electron chi connectivity index (χ1n) is 15.4. The smallest absolute Gasteiger partial charge is 0.0502 e. The Morgan fingerprint density at radius 2 is 0.810 bits per heavy atom. The molecule has 210 valence electrons. The van der Waals surface area contributed by atoms with Crippen molar-refractivity contribution in [3.63, 3.8) is 0 Å². The average Bonchev–Trinajstić information content (AvgIpc) is 3.00. The summed E-state index contributed by atoms with van der Waals surface area (Å²) in [4.78, 5) is 5.00. The van der Waals surface area contributed by atoms with Gasteiger partial charge in [0.15, 0.2) is 0 Å². The van der Waals surface area contributed by atoms with E-state index in [1.165, 1.54) is 74.8 Å². The van der Waals surface area contributed by atoms with Crippen molar-refractivity contribution in [2.24, 2.45) is 0 Å². The monoisotopic (exact) mass is 548 g/mol. The van der Waals surface area contributed by atoms with E-state index in [9.17, 15) is 0 Å². The highest BCUT2D eigenvalue weighted by molar-refractivity contribution is 5.91. The maximum atomic E-state index is 2.50. The molecule has 0 spiro atoms. The molecular weight excluding hydrogens is 508 g/mol. The zero-order valence-corrected chi connectivity index (χ0v) is 25.5. The van der Waals surface area contributed by atoms with Crippen LogP contribution in [-0.4, -0.2) is 0 Å². The van der Waals surface area contributed by atoms with Crippen molar-refractivity contribution in [1.29, 1.82) is 0 Å².